The number of hydrogen-bond acceptors (Lipinski definition) is 4. The molecule has 0 aliphatic carbocycles. The number of aromatic nitrogens is 2. The van der Waals surface area contributed by atoms with Crippen LogP contribution < -0.4 is 5.32 Å². The number of nitrogens with zero attached hydrogens (tertiary/aromatic N) is 2. The second-order valence-corrected chi connectivity index (χ2v) is 5.95. The first-order valence-corrected chi connectivity index (χ1v) is 7.30. The van der Waals surface area contributed by atoms with Crippen LogP contribution in [0.3, 0.4) is 0 Å². The fraction of sp³-hybridized carbons (Fsp3) is 0.500. The first-order valence-electron chi connectivity index (χ1n) is 7.30. The van der Waals surface area contributed by atoms with E-state index in [1.807, 2.05) is 26.8 Å². The highest BCUT2D eigenvalue weighted by molar-refractivity contribution is 5.79. The molecule has 6 heteroatoms. The van der Waals surface area contributed by atoms with Gasteiger partial charge in [-0.2, -0.15) is 5.10 Å². The summed E-state index contributed by atoms with van der Waals surface area (Å²) in [7, 11) is 0. The maximum absolute atomic E-state index is 12.3. The molecule has 6 nitrogen and oxygen atoms in total. The summed E-state index contributed by atoms with van der Waals surface area (Å²) in [4.78, 5) is 12.3. The molecule has 2 aromatic heterocycles. The van der Waals surface area contributed by atoms with Gasteiger partial charge < -0.3 is 14.8 Å². The predicted molar refractivity (Wildman–Crippen MR) is 82.4 cm³/mol. The Balaban J connectivity index is 2.01. The molecule has 22 heavy (non-hydrogen) atoms. The van der Waals surface area contributed by atoms with Crippen molar-refractivity contribution in [1.82, 2.24) is 15.1 Å². The lowest BCUT2D eigenvalue weighted by Gasteiger charge is -2.23. The van der Waals surface area contributed by atoms with E-state index in [2.05, 4.69) is 10.4 Å². The summed E-state index contributed by atoms with van der Waals surface area (Å²) in [6.45, 7) is 9.06. The Morgan fingerprint density at radius 3 is 2.64 bits per heavy atom. The normalized spacial score (nSPS) is 15.4. The molecule has 2 rings (SSSR count). The van der Waals surface area contributed by atoms with Crippen molar-refractivity contribution < 1.29 is 14.3 Å². The van der Waals surface area contributed by atoms with Crippen LogP contribution in [-0.2, 0) is 10.4 Å². The predicted octanol–water partition coefficient (Wildman–Crippen LogP) is 1.99. The molecule has 0 radical (unpaired) electrons. The molecule has 0 saturated carbocycles. The lowest BCUT2D eigenvalue weighted by molar-refractivity contribution is -0.125. The quantitative estimate of drug-likeness (QED) is 0.885. The lowest BCUT2D eigenvalue weighted by atomic mass is 10.0. The fourth-order valence-corrected chi connectivity index (χ4v) is 2.37. The molecule has 0 bridgehead atoms. The molecule has 0 aromatic carbocycles. The third-order valence-corrected chi connectivity index (χ3v) is 3.67. The van der Waals surface area contributed by atoms with E-state index < -0.39 is 11.6 Å². The fourth-order valence-electron chi connectivity index (χ4n) is 2.37. The zero-order valence-corrected chi connectivity index (χ0v) is 13.7. The minimum atomic E-state index is -1.25. The smallest absolute Gasteiger partial charge is 0.244 e. The van der Waals surface area contributed by atoms with Crippen LogP contribution in [-0.4, -0.2) is 27.3 Å². The molecule has 2 N–H and O–H groups in total. The number of hydrogen-bond donors (Lipinski definition) is 2. The first-order chi connectivity index (χ1) is 10.2. The maximum atomic E-state index is 12.3. The van der Waals surface area contributed by atoms with Crippen molar-refractivity contribution in [2.75, 3.05) is 6.54 Å². The van der Waals surface area contributed by atoms with Gasteiger partial charge in [-0.15, -0.1) is 0 Å². The summed E-state index contributed by atoms with van der Waals surface area (Å²) in [5, 5.41) is 17.5. The second-order valence-electron chi connectivity index (χ2n) is 5.95. The van der Waals surface area contributed by atoms with Crippen LogP contribution >= 0.6 is 0 Å². The zero-order chi connectivity index (χ0) is 16.5. The van der Waals surface area contributed by atoms with Gasteiger partial charge in [-0.1, -0.05) is 0 Å². The van der Waals surface area contributed by atoms with Crippen molar-refractivity contribution in [2.24, 2.45) is 0 Å². The summed E-state index contributed by atoms with van der Waals surface area (Å²) in [6, 6.07) is 4.98. The molecule has 0 aliphatic rings. The van der Waals surface area contributed by atoms with Crippen LogP contribution in [0.1, 0.15) is 42.8 Å². The van der Waals surface area contributed by atoms with Crippen molar-refractivity contribution in [1.29, 1.82) is 0 Å². The van der Waals surface area contributed by atoms with Gasteiger partial charge in [-0.25, -0.2) is 0 Å². The second kappa shape index (κ2) is 5.96. The molecule has 0 saturated heterocycles. The van der Waals surface area contributed by atoms with Gasteiger partial charge in [0.05, 0.1) is 12.2 Å². The Bertz CT molecular complexity index is 670. The number of furan rings is 1. The number of carbonyl (C=O) groups excluding carboxylic acids is 1. The minimum absolute atomic E-state index is 0.0719. The van der Waals surface area contributed by atoms with Gasteiger partial charge in [0.25, 0.3) is 0 Å². The molecule has 120 valence electrons. The maximum Gasteiger partial charge on any atom is 0.244 e. The number of rotatable bonds is 5. The van der Waals surface area contributed by atoms with Crippen LogP contribution in [0.15, 0.2) is 22.6 Å². The van der Waals surface area contributed by atoms with E-state index in [-0.39, 0.29) is 12.5 Å². The molecule has 2 unspecified atom stereocenters. The number of carbonyl (C=O) groups is 1. The molecule has 0 spiro atoms. The molecule has 0 fully saturated rings. The minimum Gasteiger partial charge on any atom is -0.463 e. The highest BCUT2D eigenvalue weighted by Gasteiger charge is 2.28. The van der Waals surface area contributed by atoms with E-state index in [1.165, 1.54) is 0 Å². The third-order valence-electron chi connectivity index (χ3n) is 3.67. The van der Waals surface area contributed by atoms with Crippen LogP contribution in [0.4, 0.5) is 0 Å². The van der Waals surface area contributed by atoms with Crippen LogP contribution in [0.2, 0.25) is 0 Å². The summed E-state index contributed by atoms with van der Waals surface area (Å²) in [5.74, 6) is 0.955. The monoisotopic (exact) mass is 305 g/mol. The SMILES string of the molecule is Cc1cc(C)n(C(C)C(=O)NCC(C)(O)c2ccc(C)o2)n1. The summed E-state index contributed by atoms with van der Waals surface area (Å²) >= 11 is 0. The summed E-state index contributed by atoms with van der Waals surface area (Å²) in [6.07, 6.45) is 0. The molecular formula is C16H23N3O3. The Hall–Kier alpha value is -2.08. The topological polar surface area (TPSA) is 80.3 Å². The van der Waals surface area contributed by atoms with Gasteiger partial charge in [-0.05, 0) is 52.8 Å². The van der Waals surface area contributed by atoms with Crippen molar-refractivity contribution >= 4 is 5.91 Å². The Labute approximate surface area is 130 Å². The number of aliphatic hydroxyl groups is 1. The molecule has 1 amide bonds. The van der Waals surface area contributed by atoms with Crippen LogP contribution in [0.5, 0.6) is 0 Å². The highest BCUT2D eigenvalue weighted by Crippen LogP contribution is 2.22. The molecule has 2 aromatic rings. The molecular weight excluding hydrogens is 282 g/mol. The standard InChI is InChI=1S/C16H23N3O3/c1-10-8-11(2)19(18-10)13(4)15(20)17-9-16(5,21)14-7-6-12(3)22-14/h6-8,13,21H,9H2,1-5H3,(H,17,20). The summed E-state index contributed by atoms with van der Waals surface area (Å²) < 4.78 is 7.11. The van der Waals surface area contributed by atoms with Gasteiger partial charge in [0, 0.05) is 5.69 Å². The van der Waals surface area contributed by atoms with Crippen molar-refractivity contribution in [3.05, 3.63) is 41.1 Å². The number of amides is 1. The van der Waals surface area contributed by atoms with E-state index >= 15 is 0 Å². The van der Waals surface area contributed by atoms with E-state index in [4.69, 9.17) is 4.42 Å². The van der Waals surface area contributed by atoms with Gasteiger partial charge in [0.15, 0.2) is 0 Å². The van der Waals surface area contributed by atoms with E-state index in [1.54, 1.807) is 30.7 Å². The zero-order valence-electron chi connectivity index (χ0n) is 13.7. The van der Waals surface area contributed by atoms with Gasteiger partial charge >= 0.3 is 0 Å². The average Bonchev–Trinajstić information content (AvgIpc) is 3.01. The van der Waals surface area contributed by atoms with Crippen molar-refractivity contribution in [3.8, 4) is 0 Å². The largest absolute Gasteiger partial charge is 0.463 e. The van der Waals surface area contributed by atoms with Crippen LogP contribution in [0.25, 0.3) is 0 Å². The average molecular weight is 305 g/mol. The molecule has 2 atom stereocenters. The van der Waals surface area contributed by atoms with Gasteiger partial charge in [0.1, 0.15) is 23.2 Å². The van der Waals surface area contributed by atoms with Gasteiger partial charge in [0.2, 0.25) is 5.91 Å². The Morgan fingerprint density at radius 1 is 1.45 bits per heavy atom. The first kappa shape index (κ1) is 16.3. The highest BCUT2D eigenvalue weighted by atomic mass is 16.4. The van der Waals surface area contributed by atoms with Crippen molar-refractivity contribution in [3.63, 3.8) is 0 Å². The lowest BCUT2D eigenvalue weighted by Crippen LogP contribution is -2.41. The van der Waals surface area contributed by atoms with E-state index in [0.29, 0.717) is 5.76 Å². The number of nitrogens with one attached hydrogen (secondary N) is 1. The summed E-state index contributed by atoms with van der Waals surface area (Å²) in [5.41, 5.74) is 0.544. The van der Waals surface area contributed by atoms with E-state index in [0.717, 1.165) is 17.1 Å². The van der Waals surface area contributed by atoms with Crippen LogP contribution in [0, 0.1) is 20.8 Å². The Morgan fingerprint density at radius 2 is 2.14 bits per heavy atom. The number of aryl methyl sites for hydroxylation is 3. The van der Waals surface area contributed by atoms with Crippen molar-refractivity contribution in [2.45, 2.75) is 46.3 Å². The van der Waals surface area contributed by atoms with E-state index in [9.17, 15) is 9.90 Å². The third kappa shape index (κ3) is 3.39. The van der Waals surface area contributed by atoms with Gasteiger partial charge in [-0.3, -0.25) is 9.48 Å². The Kier molecular flexibility index (Phi) is 4.42. The molecule has 2 heterocycles. The molecule has 0 aliphatic heterocycles.